The number of carbonyl (C=O) groups excluding carboxylic acids is 1. The molecule has 1 heterocycles. The number of anilines is 1. The SMILES string of the molecule is N#Cc1cnc(CC(=O)Nc2ccc(OCCCCc3ccc(F)cc3F)c(Cl)c2)cn1. The van der Waals surface area contributed by atoms with Gasteiger partial charge in [-0.15, -0.1) is 0 Å². The maximum Gasteiger partial charge on any atom is 0.230 e. The summed E-state index contributed by atoms with van der Waals surface area (Å²) in [6.07, 6.45) is 4.51. The van der Waals surface area contributed by atoms with Gasteiger partial charge in [-0.3, -0.25) is 9.78 Å². The third-order valence-corrected chi connectivity index (χ3v) is 4.79. The number of nitriles is 1. The van der Waals surface area contributed by atoms with E-state index < -0.39 is 11.6 Å². The van der Waals surface area contributed by atoms with Crippen LogP contribution in [-0.2, 0) is 17.6 Å². The molecule has 0 radical (unpaired) electrons. The van der Waals surface area contributed by atoms with E-state index in [2.05, 4.69) is 15.3 Å². The fourth-order valence-electron chi connectivity index (χ4n) is 2.89. The largest absolute Gasteiger partial charge is 0.492 e. The summed E-state index contributed by atoms with van der Waals surface area (Å²) < 4.78 is 32.2. The van der Waals surface area contributed by atoms with Gasteiger partial charge < -0.3 is 10.1 Å². The maximum atomic E-state index is 13.6. The van der Waals surface area contributed by atoms with Crippen LogP contribution in [0.4, 0.5) is 14.5 Å². The van der Waals surface area contributed by atoms with Crippen molar-refractivity contribution in [3.8, 4) is 11.8 Å². The number of amides is 1. The number of aryl methyl sites for hydroxylation is 1. The molecule has 0 atom stereocenters. The average Bonchev–Trinajstić information content (AvgIpc) is 2.76. The average molecular weight is 457 g/mol. The predicted molar refractivity (Wildman–Crippen MR) is 115 cm³/mol. The van der Waals surface area contributed by atoms with E-state index in [9.17, 15) is 13.6 Å². The molecule has 9 heteroatoms. The summed E-state index contributed by atoms with van der Waals surface area (Å²) in [5, 5.41) is 11.8. The first-order valence-corrected chi connectivity index (χ1v) is 10.2. The van der Waals surface area contributed by atoms with Crippen molar-refractivity contribution in [1.29, 1.82) is 5.26 Å². The Balaban J connectivity index is 1.43. The maximum absolute atomic E-state index is 13.6. The van der Waals surface area contributed by atoms with Crippen molar-refractivity contribution in [3.63, 3.8) is 0 Å². The van der Waals surface area contributed by atoms with Crippen LogP contribution in [0.25, 0.3) is 0 Å². The molecule has 3 rings (SSSR count). The number of nitrogens with one attached hydrogen (secondary N) is 1. The highest BCUT2D eigenvalue weighted by molar-refractivity contribution is 6.32. The fraction of sp³-hybridized carbons (Fsp3) is 0.217. The molecule has 0 aliphatic rings. The van der Waals surface area contributed by atoms with E-state index in [0.29, 0.717) is 53.6 Å². The minimum atomic E-state index is -0.591. The van der Waals surface area contributed by atoms with Crippen molar-refractivity contribution in [2.45, 2.75) is 25.7 Å². The van der Waals surface area contributed by atoms with Gasteiger partial charge in [0.2, 0.25) is 5.91 Å². The summed E-state index contributed by atoms with van der Waals surface area (Å²) in [4.78, 5) is 20.1. The van der Waals surface area contributed by atoms with E-state index >= 15 is 0 Å². The number of carbonyl (C=O) groups is 1. The van der Waals surface area contributed by atoms with E-state index in [4.69, 9.17) is 21.6 Å². The standard InChI is InChI=1S/C23H19ClF2N4O2/c24-20-10-17(30-23(31)11-18-13-29-19(12-27)14-28-18)6-7-22(20)32-8-2-1-3-15-4-5-16(25)9-21(15)26/h4-7,9-10,13-14H,1-3,8,11H2,(H,30,31). The topological polar surface area (TPSA) is 87.9 Å². The molecule has 6 nitrogen and oxygen atoms in total. The Labute approximate surface area is 188 Å². The normalized spacial score (nSPS) is 10.4. The molecular weight excluding hydrogens is 438 g/mol. The Morgan fingerprint density at radius 1 is 1.12 bits per heavy atom. The number of halogens is 3. The molecule has 0 saturated carbocycles. The number of unbranched alkanes of at least 4 members (excludes halogenated alkanes) is 1. The van der Waals surface area contributed by atoms with E-state index in [-0.39, 0.29) is 18.0 Å². The molecule has 0 aliphatic carbocycles. The van der Waals surface area contributed by atoms with E-state index in [1.54, 1.807) is 18.2 Å². The molecule has 1 amide bonds. The fourth-order valence-corrected chi connectivity index (χ4v) is 3.13. The molecule has 164 valence electrons. The Morgan fingerprint density at radius 2 is 1.97 bits per heavy atom. The second-order valence-electron chi connectivity index (χ2n) is 6.92. The van der Waals surface area contributed by atoms with E-state index in [1.807, 2.05) is 6.07 Å². The third-order valence-electron chi connectivity index (χ3n) is 4.49. The van der Waals surface area contributed by atoms with E-state index in [0.717, 1.165) is 6.07 Å². The minimum Gasteiger partial charge on any atom is -0.492 e. The van der Waals surface area contributed by atoms with Gasteiger partial charge in [0.15, 0.2) is 5.69 Å². The number of hydrogen-bond acceptors (Lipinski definition) is 5. The van der Waals surface area contributed by atoms with Gasteiger partial charge in [-0.05, 0) is 49.1 Å². The second kappa shape index (κ2) is 11.2. The molecule has 1 N–H and O–H groups in total. The number of benzene rings is 2. The third kappa shape index (κ3) is 6.72. The summed E-state index contributed by atoms with van der Waals surface area (Å²) in [6.45, 7) is 0.381. The highest BCUT2D eigenvalue weighted by atomic mass is 35.5. The highest BCUT2D eigenvalue weighted by Gasteiger charge is 2.09. The van der Waals surface area contributed by atoms with E-state index in [1.165, 1.54) is 24.5 Å². The van der Waals surface area contributed by atoms with Gasteiger partial charge in [-0.2, -0.15) is 5.26 Å². The zero-order valence-corrected chi connectivity index (χ0v) is 17.7. The molecule has 0 saturated heterocycles. The van der Waals surface area contributed by atoms with Gasteiger partial charge >= 0.3 is 0 Å². The van der Waals surface area contributed by atoms with Crippen LogP contribution in [0.15, 0.2) is 48.8 Å². The molecule has 0 spiro atoms. The number of ether oxygens (including phenoxy) is 1. The number of rotatable bonds is 9. The van der Waals surface area contributed by atoms with Gasteiger partial charge in [0, 0.05) is 11.8 Å². The smallest absolute Gasteiger partial charge is 0.230 e. The van der Waals surface area contributed by atoms with Gasteiger partial charge in [0.25, 0.3) is 0 Å². The lowest BCUT2D eigenvalue weighted by Crippen LogP contribution is -2.15. The summed E-state index contributed by atoms with van der Waals surface area (Å²) >= 11 is 6.24. The van der Waals surface area contributed by atoms with Crippen molar-refractivity contribution in [1.82, 2.24) is 9.97 Å². The monoisotopic (exact) mass is 456 g/mol. The summed E-state index contributed by atoms with van der Waals surface area (Å²) in [6, 6.07) is 10.3. The molecule has 3 aromatic rings. The summed E-state index contributed by atoms with van der Waals surface area (Å²) in [5.41, 5.74) is 1.59. The first-order chi connectivity index (χ1) is 15.4. The van der Waals surface area contributed by atoms with Crippen LogP contribution in [0.1, 0.15) is 29.8 Å². The van der Waals surface area contributed by atoms with Gasteiger partial charge in [-0.25, -0.2) is 13.8 Å². The Bertz CT molecular complexity index is 1130. The number of hydrogen-bond donors (Lipinski definition) is 1. The molecule has 0 aliphatic heterocycles. The van der Waals surface area contributed by atoms with Crippen LogP contribution >= 0.6 is 11.6 Å². The van der Waals surface area contributed by atoms with Gasteiger partial charge in [-0.1, -0.05) is 17.7 Å². The lowest BCUT2D eigenvalue weighted by atomic mass is 10.1. The number of nitrogens with zero attached hydrogens (tertiary/aromatic N) is 3. The lowest BCUT2D eigenvalue weighted by molar-refractivity contribution is -0.115. The van der Waals surface area contributed by atoms with Crippen LogP contribution < -0.4 is 10.1 Å². The van der Waals surface area contributed by atoms with Crippen LogP contribution in [0.5, 0.6) is 5.75 Å². The van der Waals surface area contributed by atoms with Crippen molar-refractivity contribution in [2.24, 2.45) is 0 Å². The predicted octanol–water partition coefficient (Wildman–Crippen LogP) is 4.86. The second-order valence-corrected chi connectivity index (χ2v) is 7.32. The molecule has 0 unspecified atom stereocenters. The molecule has 1 aromatic heterocycles. The summed E-state index contributed by atoms with van der Waals surface area (Å²) in [5.74, 6) is -0.970. The molecule has 0 bridgehead atoms. The zero-order valence-electron chi connectivity index (χ0n) is 16.9. The lowest BCUT2D eigenvalue weighted by Gasteiger charge is -2.11. The van der Waals surface area contributed by atoms with Crippen LogP contribution in [-0.4, -0.2) is 22.5 Å². The van der Waals surface area contributed by atoms with Crippen molar-refractivity contribution < 1.29 is 18.3 Å². The summed E-state index contributed by atoms with van der Waals surface area (Å²) in [7, 11) is 0. The van der Waals surface area contributed by atoms with Crippen molar-refractivity contribution >= 4 is 23.2 Å². The Morgan fingerprint density at radius 3 is 2.66 bits per heavy atom. The van der Waals surface area contributed by atoms with Crippen LogP contribution in [0.3, 0.4) is 0 Å². The first-order valence-electron chi connectivity index (χ1n) is 9.82. The zero-order chi connectivity index (χ0) is 22.9. The van der Waals surface area contributed by atoms with Gasteiger partial charge in [0.05, 0.1) is 36.1 Å². The Kier molecular flexibility index (Phi) is 8.06. The number of aromatic nitrogens is 2. The molecule has 32 heavy (non-hydrogen) atoms. The quantitative estimate of drug-likeness (QED) is 0.464. The molecule has 2 aromatic carbocycles. The van der Waals surface area contributed by atoms with Crippen molar-refractivity contribution in [2.75, 3.05) is 11.9 Å². The highest BCUT2D eigenvalue weighted by Crippen LogP contribution is 2.28. The molecule has 0 fully saturated rings. The molecular formula is C23H19ClF2N4O2. The van der Waals surface area contributed by atoms with Crippen molar-refractivity contribution in [3.05, 3.63) is 82.4 Å². The minimum absolute atomic E-state index is 0.00320. The van der Waals surface area contributed by atoms with Crippen LogP contribution in [0, 0.1) is 23.0 Å². The van der Waals surface area contributed by atoms with Crippen LogP contribution in [0.2, 0.25) is 5.02 Å². The van der Waals surface area contributed by atoms with Gasteiger partial charge in [0.1, 0.15) is 23.5 Å². The Hall–Kier alpha value is -3.57. The first kappa shape index (κ1) is 23.1.